The third kappa shape index (κ3) is 3.76. The van der Waals surface area contributed by atoms with Crippen LogP contribution in [0, 0.1) is 13.8 Å². The van der Waals surface area contributed by atoms with E-state index in [0.29, 0.717) is 30.3 Å². The van der Waals surface area contributed by atoms with Crippen LogP contribution in [-0.4, -0.2) is 24.5 Å². The van der Waals surface area contributed by atoms with Crippen molar-refractivity contribution in [1.29, 1.82) is 0 Å². The van der Waals surface area contributed by atoms with Crippen LogP contribution in [0.3, 0.4) is 0 Å². The van der Waals surface area contributed by atoms with Crippen molar-refractivity contribution in [3.05, 3.63) is 93.7 Å². The first-order valence-corrected chi connectivity index (χ1v) is 10.7. The van der Waals surface area contributed by atoms with Crippen molar-refractivity contribution in [3.63, 3.8) is 0 Å². The molecule has 0 bridgehead atoms. The molecule has 3 aromatic rings. The van der Waals surface area contributed by atoms with Crippen LogP contribution in [0.2, 0.25) is 0 Å². The molecule has 0 radical (unpaired) electrons. The Bertz CT molecular complexity index is 1210. The predicted octanol–water partition coefficient (Wildman–Crippen LogP) is 5.28. The topological polar surface area (TPSA) is 48.0 Å². The molecule has 3 aromatic carbocycles. The number of ketones is 1. The van der Waals surface area contributed by atoms with Crippen molar-refractivity contribution in [1.82, 2.24) is 4.90 Å². The van der Waals surface area contributed by atoms with Crippen LogP contribution >= 0.6 is 0 Å². The van der Waals surface area contributed by atoms with Gasteiger partial charge < -0.3 is 14.2 Å². The van der Waals surface area contributed by atoms with E-state index in [1.807, 2.05) is 37.3 Å². The summed E-state index contributed by atoms with van der Waals surface area (Å²) in [6, 6.07) is 18.0. The first kappa shape index (κ1) is 20.3. The molecule has 5 heteroatoms. The van der Waals surface area contributed by atoms with Crippen molar-refractivity contribution in [2.24, 2.45) is 0 Å². The number of methoxy groups -OCH3 is 1. The summed E-state index contributed by atoms with van der Waals surface area (Å²) in [5, 5.41) is 0. The Kier molecular flexibility index (Phi) is 5.19. The van der Waals surface area contributed by atoms with Gasteiger partial charge in [0.1, 0.15) is 24.0 Å². The Morgan fingerprint density at radius 2 is 1.81 bits per heavy atom. The van der Waals surface area contributed by atoms with Gasteiger partial charge in [0.05, 0.1) is 18.2 Å². The van der Waals surface area contributed by atoms with Gasteiger partial charge in [-0.25, -0.2) is 0 Å². The second-order valence-electron chi connectivity index (χ2n) is 8.33. The number of hydrogen-bond acceptors (Lipinski definition) is 5. The minimum Gasteiger partial charge on any atom is -0.497 e. The SMILES string of the molecule is COc1ccc(/C=C2\Oc3c4c(cc(C)c3C2=O)OCN(Cc2ccc(C)cc2)C4)cc1. The van der Waals surface area contributed by atoms with E-state index in [4.69, 9.17) is 14.2 Å². The van der Waals surface area contributed by atoms with Crippen molar-refractivity contribution >= 4 is 11.9 Å². The fraction of sp³-hybridized carbons (Fsp3) is 0.222. The highest BCUT2D eigenvalue weighted by atomic mass is 16.5. The van der Waals surface area contributed by atoms with E-state index in [9.17, 15) is 4.79 Å². The summed E-state index contributed by atoms with van der Waals surface area (Å²) >= 11 is 0. The molecule has 32 heavy (non-hydrogen) atoms. The highest BCUT2D eigenvalue weighted by Crippen LogP contribution is 2.44. The van der Waals surface area contributed by atoms with Gasteiger partial charge in [0, 0.05) is 13.1 Å². The number of fused-ring (bicyclic) bond motifs is 3. The maximum Gasteiger partial charge on any atom is 0.232 e. The molecule has 0 N–H and O–H groups in total. The van der Waals surface area contributed by atoms with Crippen molar-refractivity contribution in [3.8, 4) is 17.2 Å². The second kappa shape index (κ2) is 8.17. The number of nitrogens with zero attached hydrogens (tertiary/aromatic N) is 1. The monoisotopic (exact) mass is 427 g/mol. The molecule has 0 atom stereocenters. The standard InChI is InChI=1S/C27H25NO4/c1-17-4-6-20(7-5-17)14-28-15-22-23(31-16-28)12-18(2)25-26(29)24(32-27(22)25)13-19-8-10-21(30-3)11-9-19/h4-13H,14-16H2,1-3H3/b24-13-. The number of allylic oxidation sites excluding steroid dienone is 1. The Labute approximate surface area is 187 Å². The van der Waals surface area contributed by atoms with E-state index in [2.05, 4.69) is 36.1 Å². The number of ether oxygens (including phenoxy) is 3. The molecule has 5 rings (SSSR count). The molecular formula is C27H25NO4. The van der Waals surface area contributed by atoms with Gasteiger partial charge in [-0.2, -0.15) is 0 Å². The molecule has 2 aliphatic heterocycles. The molecule has 0 unspecified atom stereocenters. The summed E-state index contributed by atoms with van der Waals surface area (Å²) < 4.78 is 17.4. The van der Waals surface area contributed by atoms with Crippen LogP contribution in [0.4, 0.5) is 0 Å². The average Bonchev–Trinajstić information content (AvgIpc) is 3.13. The van der Waals surface area contributed by atoms with Crippen LogP contribution in [0.15, 0.2) is 60.4 Å². The molecule has 0 saturated heterocycles. The zero-order valence-electron chi connectivity index (χ0n) is 18.5. The molecule has 162 valence electrons. The number of aryl methyl sites for hydroxylation is 2. The third-order valence-electron chi connectivity index (χ3n) is 5.93. The van der Waals surface area contributed by atoms with Gasteiger partial charge in [-0.05, 0) is 54.8 Å². The number of rotatable bonds is 4. The maximum atomic E-state index is 13.2. The minimum absolute atomic E-state index is 0.0909. The molecule has 2 heterocycles. The Morgan fingerprint density at radius 3 is 2.53 bits per heavy atom. The van der Waals surface area contributed by atoms with Crippen molar-refractivity contribution in [2.75, 3.05) is 13.8 Å². The van der Waals surface area contributed by atoms with E-state index < -0.39 is 0 Å². The average molecular weight is 428 g/mol. The summed E-state index contributed by atoms with van der Waals surface area (Å²) in [4.78, 5) is 15.4. The molecule has 5 nitrogen and oxygen atoms in total. The molecule has 0 saturated carbocycles. The number of carbonyl (C=O) groups is 1. The van der Waals surface area contributed by atoms with E-state index in [-0.39, 0.29) is 5.78 Å². The zero-order valence-corrected chi connectivity index (χ0v) is 18.5. The first-order chi connectivity index (χ1) is 15.5. The molecule has 0 spiro atoms. The summed E-state index contributed by atoms with van der Waals surface area (Å²) in [7, 11) is 1.63. The number of hydrogen-bond donors (Lipinski definition) is 0. The minimum atomic E-state index is -0.0909. The molecule has 0 aliphatic carbocycles. The molecule has 0 aromatic heterocycles. The molecule has 2 aliphatic rings. The van der Waals surface area contributed by atoms with Gasteiger partial charge in [-0.1, -0.05) is 42.0 Å². The van der Waals surface area contributed by atoms with Gasteiger partial charge in [-0.3, -0.25) is 9.69 Å². The van der Waals surface area contributed by atoms with Crippen LogP contribution in [0.1, 0.15) is 38.2 Å². The van der Waals surface area contributed by atoms with Crippen LogP contribution < -0.4 is 14.2 Å². The fourth-order valence-corrected chi connectivity index (χ4v) is 4.18. The normalized spacial score (nSPS) is 16.3. The lowest BCUT2D eigenvalue weighted by Crippen LogP contribution is -2.31. The quantitative estimate of drug-likeness (QED) is 0.530. The first-order valence-electron chi connectivity index (χ1n) is 10.7. The highest BCUT2D eigenvalue weighted by Gasteiger charge is 2.35. The van der Waals surface area contributed by atoms with Crippen molar-refractivity contribution in [2.45, 2.75) is 26.9 Å². The van der Waals surface area contributed by atoms with Gasteiger partial charge in [-0.15, -0.1) is 0 Å². The summed E-state index contributed by atoms with van der Waals surface area (Å²) in [6.07, 6.45) is 1.78. The summed E-state index contributed by atoms with van der Waals surface area (Å²) in [6.45, 7) is 5.95. The van der Waals surface area contributed by atoms with Gasteiger partial charge in [0.15, 0.2) is 5.76 Å². The Morgan fingerprint density at radius 1 is 1.06 bits per heavy atom. The Hall–Kier alpha value is -3.57. The van der Waals surface area contributed by atoms with E-state index in [0.717, 1.165) is 34.7 Å². The number of Topliss-reactive ketones (excluding diaryl/α,β-unsaturated/α-hetero) is 1. The third-order valence-corrected chi connectivity index (χ3v) is 5.93. The van der Waals surface area contributed by atoms with E-state index in [1.54, 1.807) is 13.2 Å². The largest absolute Gasteiger partial charge is 0.497 e. The lowest BCUT2D eigenvalue weighted by Gasteiger charge is -2.30. The van der Waals surface area contributed by atoms with Crippen LogP contribution in [-0.2, 0) is 13.1 Å². The smallest absolute Gasteiger partial charge is 0.232 e. The summed E-state index contributed by atoms with van der Waals surface area (Å²) in [5.41, 5.74) is 5.77. The molecule has 0 fully saturated rings. The lowest BCUT2D eigenvalue weighted by atomic mass is 9.98. The number of carbonyl (C=O) groups excluding carboxylic acids is 1. The number of benzene rings is 3. The molecule has 0 amide bonds. The highest BCUT2D eigenvalue weighted by molar-refractivity contribution is 6.15. The van der Waals surface area contributed by atoms with E-state index in [1.165, 1.54) is 11.1 Å². The van der Waals surface area contributed by atoms with Gasteiger partial charge >= 0.3 is 0 Å². The van der Waals surface area contributed by atoms with E-state index >= 15 is 0 Å². The molecular weight excluding hydrogens is 402 g/mol. The lowest BCUT2D eigenvalue weighted by molar-refractivity contribution is 0.0872. The Balaban J connectivity index is 1.43. The maximum absolute atomic E-state index is 13.2. The van der Waals surface area contributed by atoms with Crippen LogP contribution in [0.25, 0.3) is 6.08 Å². The zero-order chi connectivity index (χ0) is 22.2. The fourth-order valence-electron chi connectivity index (χ4n) is 4.18. The van der Waals surface area contributed by atoms with Gasteiger partial charge in [0.25, 0.3) is 0 Å². The van der Waals surface area contributed by atoms with Gasteiger partial charge in [0.2, 0.25) is 5.78 Å². The second-order valence-corrected chi connectivity index (χ2v) is 8.33. The van der Waals surface area contributed by atoms with Crippen LogP contribution in [0.5, 0.6) is 17.2 Å². The predicted molar refractivity (Wildman–Crippen MR) is 123 cm³/mol. The summed E-state index contributed by atoms with van der Waals surface area (Å²) in [5.74, 6) is 2.42. The van der Waals surface area contributed by atoms with Crippen molar-refractivity contribution < 1.29 is 19.0 Å².